The van der Waals surface area contributed by atoms with Crippen LogP contribution in [0.2, 0.25) is 0 Å². The molecule has 3 unspecified atom stereocenters. The van der Waals surface area contributed by atoms with Crippen LogP contribution < -0.4 is 10.1 Å². The second kappa shape index (κ2) is 7.62. The third-order valence-corrected chi connectivity index (χ3v) is 3.45. The summed E-state index contributed by atoms with van der Waals surface area (Å²) in [7, 11) is 1.61. The van der Waals surface area contributed by atoms with Gasteiger partial charge in [0.1, 0.15) is 5.75 Å². The van der Waals surface area contributed by atoms with Crippen LogP contribution in [0.1, 0.15) is 50.8 Å². The summed E-state index contributed by atoms with van der Waals surface area (Å²) in [5.41, 5.74) is 1.95. The van der Waals surface area contributed by atoms with Gasteiger partial charge in [-0.1, -0.05) is 19.9 Å². The maximum absolute atomic E-state index is 10.5. The Morgan fingerprint density at radius 2 is 1.80 bits per heavy atom. The summed E-state index contributed by atoms with van der Waals surface area (Å²) in [6, 6.07) is 5.75. The number of aliphatic hydroxyl groups is 2. The fraction of sp³-hybridized carbons (Fsp3) is 0.625. The lowest BCUT2D eigenvalue weighted by Crippen LogP contribution is -2.36. The van der Waals surface area contributed by atoms with Gasteiger partial charge in [0, 0.05) is 18.2 Å². The second-order valence-corrected chi connectivity index (χ2v) is 5.65. The van der Waals surface area contributed by atoms with E-state index in [1.807, 2.05) is 25.1 Å². The number of aliphatic hydroxyl groups excluding tert-OH is 2. The number of nitrogens with one attached hydrogen (secondary N) is 1. The number of methoxy groups -OCH3 is 1. The zero-order valence-corrected chi connectivity index (χ0v) is 13.1. The van der Waals surface area contributed by atoms with Crippen LogP contribution in [-0.2, 0) is 0 Å². The lowest BCUT2D eigenvalue weighted by atomic mass is 9.95. The van der Waals surface area contributed by atoms with Gasteiger partial charge in [-0.3, -0.25) is 0 Å². The molecule has 0 saturated heterocycles. The summed E-state index contributed by atoms with van der Waals surface area (Å²) in [6.07, 6.45) is -1.11. The fourth-order valence-electron chi connectivity index (χ4n) is 2.08. The molecule has 0 amide bonds. The van der Waals surface area contributed by atoms with Gasteiger partial charge in [-0.25, -0.2) is 0 Å². The first-order chi connectivity index (χ1) is 9.36. The minimum atomic E-state index is -0.678. The predicted molar refractivity (Wildman–Crippen MR) is 81.2 cm³/mol. The van der Waals surface area contributed by atoms with Crippen LogP contribution >= 0.6 is 0 Å². The Labute approximate surface area is 121 Å². The minimum absolute atomic E-state index is 0.166. The summed E-state index contributed by atoms with van der Waals surface area (Å²) in [4.78, 5) is 0. The normalized spacial score (nSPS) is 16.0. The zero-order chi connectivity index (χ0) is 15.3. The highest BCUT2D eigenvalue weighted by Crippen LogP contribution is 2.30. The van der Waals surface area contributed by atoms with E-state index in [4.69, 9.17) is 4.74 Å². The van der Waals surface area contributed by atoms with Gasteiger partial charge in [-0.05, 0) is 37.5 Å². The molecule has 4 heteroatoms. The quantitative estimate of drug-likeness (QED) is 0.717. The smallest absolute Gasteiger partial charge is 0.124 e. The molecular formula is C16H27NO3. The summed E-state index contributed by atoms with van der Waals surface area (Å²) in [5.74, 6) is 1.08. The van der Waals surface area contributed by atoms with Crippen molar-refractivity contribution in [3.63, 3.8) is 0 Å². The van der Waals surface area contributed by atoms with Crippen molar-refractivity contribution in [1.29, 1.82) is 0 Å². The predicted octanol–water partition coefficient (Wildman–Crippen LogP) is 2.21. The third-order valence-electron chi connectivity index (χ3n) is 3.45. The van der Waals surface area contributed by atoms with E-state index in [0.29, 0.717) is 18.2 Å². The highest BCUT2D eigenvalue weighted by Gasteiger charge is 2.21. The van der Waals surface area contributed by atoms with Crippen LogP contribution in [0.4, 0.5) is 0 Å². The summed E-state index contributed by atoms with van der Waals surface area (Å²) in [6.45, 7) is 8.30. The maximum Gasteiger partial charge on any atom is 0.124 e. The molecule has 1 rings (SSSR count). The number of benzene rings is 1. The average Bonchev–Trinajstić information content (AvgIpc) is 2.42. The van der Waals surface area contributed by atoms with Crippen LogP contribution in [0.5, 0.6) is 5.75 Å². The monoisotopic (exact) mass is 281 g/mol. The molecule has 0 aromatic heterocycles. The number of ether oxygens (including phenoxy) is 1. The van der Waals surface area contributed by atoms with Gasteiger partial charge >= 0.3 is 0 Å². The molecule has 0 heterocycles. The van der Waals surface area contributed by atoms with E-state index in [1.54, 1.807) is 14.0 Å². The van der Waals surface area contributed by atoms with Crippen molar-refractivity contribution in [2.75, 3.05) is 13.7 Å². The number of rotatable bonds is 7. The molecule has 0 aliphatic carbocycles. The van der Waals surface area contributed by atoms with Crippen LogP contribution in [0, 0.1) is 0 Å². The fourth-order valence-corrected chi connectivity index (χ4v) is 2.08. The van der Waals surface area contributed by atoms with Gasteiger partial charge in [0.25, 0.3) is 0 Å². The molecule has 114 valence electrons. The Hall–Kier alpha value is -1.10. The van der Waals surface area contributed by atoms with E-state index in [0.717, 1.165) is 5.56 Å². The molecule has 0 bridgehead atoms. The molecule has 0 radical (unpaired) electrons. The van der Waals surface area contributed by atoms with Crippen molar-refractivity contribution >= 4 is 0 Å². The Morgan fingerprint density at radius 3 is 2.30 bits per heavy atom. The summed E-state index contributed by atoms with van der Waals surface area (Å²) < 4.78 is 5.34. The maximum atomic E-state index is 10.5. The highest BCUT2D eigenvalue weighted by molar-refractivity contribution is 5.40. The van der Waals surface area contributed by atoms with E-state index in [2.05, 4.69) is 19.2 Å². The third kappa shape index (κ3) is 4.47. The van der Waals surface area contributed by atoms with Crippen molar-refractivity contribution in [3.8, 4) is 5.75 Å². The molecule has 0 saturated carbocycles. The highest BCUT2D eigenvalue weighted by atomic mass is 16.5. The van der Waals surface area contributed by atoms with E-state index in [-0.39, 0.29) is 6.04 Å². The Kier molecular flexibility index (Phi) is 6.46. The van der Waals surface area contributed by atoms with Gasteiger partial charge in [-0.2, -0.15) is 0 Å². The van der Waals surface area contributed by atoms with Crippen LogP contribution in [0.3, 0.4) is 0 Å². The van der Waals surface area contributed by atoms with Gasteiger partial charge in [-0.15, -0.1) is 0 Å². The van der Waals surface area contributed by atoms with E-state index < -0.39 is 12.2 Å². The molecule has 20 heavy (non-hydrogen) atoms. The Morgan fingerprint density at radius 1 is 1.15 bits per heavy atom. The van der Waals surface area contributed by atoms with Crippen molar-refractivity contribution in [1.82, 2.24) is 5.32 Å². The van der Waals surface area contributed by atoms with E-state index in [9.17, 15) is 10.2 Å². The van der Waals surface area contributed by atoms with Crippen molar-refractivity contribution in [2.24, 2.45) is 0 Å². The van der Waals surface area contributed by atoms with Crippen molar-refractivity contribution in [3.05, 3.63) is 29.3 Å². The van der Waals surface area contributed by atoms with Crippen molar-refractivity contribution in [2.45, 2.75) is 51.9 Å². The summed E-state index contributed by atoms with van der Waals surface area (Å²) in [5, 5.41) is 22.9. The topological polar surface area (TPSA) is 61.7 Å². The first-order valence-electron chi connectivity index (χ1n) is 7.14. The summed E-state index contributed by atoms with van der Waals surface area (Å²) >= 11 is 0. The number of hydrogen-bond acceptors (Lipinski definition) is 4. The second-order valence-electron chi connectivity index (χ2n) is 5.65. The van der Waals surface area contributed by atoms with E-state index in [1.165, 1.54) is 5.56 Å². The molecular weight excluding hydrogens is 254 g/mol. The average molecular weight is 281 g/mol. The Balaban J connectivity index is 2.94. The van der Waals surface area contributed by atoms with Crippen LogP contribution in [0.25, 0.3) is 0 Å². The molecule has 0 aliphatic rings. The molecule has 4 nitrogen and oxygen atoms in total. The first kappa shape index (κ1) is 17.0. The molecule has 0 spiro atoms. The molecule has 0 aliphatic heterocycles. The molecule has 3 atom stereocenters. The molecule has 1 aromatic rings. The van der Waals surface area contributed by atoms with E-state index >= 15 is 0 Å². The minimum Gasteiger partial charge on any atom is -0.496 e. The molecule has 0 fully saturated rings. The SMILES string of the molecule is COc1ccc(C(C)C)cc1C(O)C(C)NCC(C)O. The van der Waals surface area contributed by atoms with Gasteiger partial charge in [0.2, 0.25) is 0 Å². The first-order valence-corrected chi connectivity index (χ1v) is 7.14. The van der Waals surface area contributed by atoms with Gasteiger partial charge in [0.05, 0.1) is 19.3 Å². The molecule has 1 aromatic carbocycles. The zero-order valence-electron chi connectivity index (χ0n) is 13.1. The lowest BCUT2D eigenvalue weighted by Gasteiger charge is -2.24. The van der Waals surface area contributed by atoms with Crippen LogP contribution in [-0.4, -0.2) is 36.0 Å². The van der Waals surface area contributed by atoms with Gasteiger partial charge in [0.15, 0.2) is 0 Å². The van der Waals surface area contributed by atoms with Crippen LogP contribution in [0.15, 0.2) is 18.2 Å². The van der Waals surface area contributed by atoms with Gasteiger partial charge < -0.3 is 20.3 Å². The Bertz CT molecular complexity index is 418. The molecule has 3 N–H and O–H groups in total. The lowest BCUT2D eigenvalue weighted by molar-refractivity contribution is 0.118. The number of hydrogen-bond donors (Lipinski definition) is 3. The standard InChI is InChI=1S/C16H27NO3/c1-10(2)13-6-7-15(20-5)14(8-13)16(19)12(4)17-9-11(3)18/h6-8,10-12,16-19H,9H2,1-5H3. The van der Waals surface area contributed by atoms with Crippen molar-refractivity contribution < 1.29 is 14.9 Å². The largest absolute Gasteiger partial charge is 0.496 e.